The fourth-order valence-electron chi connectivity index (χ4n) is 4.60. The second-order valence-electron chi connectivity index (χ2n) is 10.1. The van der Waals surface area contributed by atoms with Gasteiger partial charge in [0, 0.05) is 0 Å². The summed E-state index contributed by atoms with van der Waals surface area (Å²) in [5.41, 5.74) is 3.68. The lowest BCUT2D eigenvalue weighted by Crippen LogP contribution is -2.54. The highest BCUT2D eigenvalue weighted by atomic mass is 16.6. The minimum absolute atomic E-state index is 0.0415. The number of aliphatic hydroxyl groups is 3. The summed E-state index contributed by atoms with van der Waals surface area (Å²) in [5, 5.41) is 32.5. The van der Waals surface area contributed by atoms with Crippen molar-refractivity contribution in [2.24, 2.45) is 0 Å². The molecular formula is C35H40O7. The molecule has 7 nitrogen and oxygen atoms in total. The molecule has 5 atom stereocenters. The minimum atomic E-state index is -1.30. The molecular weight excluding hydrogens is 532 g/mol. The van der Waals surface area contributed by atoms with E-state index in [4.69, 9.17) is 18.9 Å². The number of hydrogen-bond acceptors (Lipinski definition) is 7. The summed E-state index contributed by atoms with van der Waals surface area (Å²) in [6.45, 7) is 0.243. The summed E-state index contributed by atoms with van der Waals surface area (Å²) >= 11 is 0. The second-order valence-corrected chi connectivity index (χ2v) is 10.1. The first-order valence-corrected chi connectivity index (χ1v) is 14.2. The topological polar surface area (TPSA) is 97.6 Å². The molecule has 4 aromatic carbocycles. The predicted molar refractivity (Wildman–Crippen MR) is 160 cm³/mol. The monoisotopic (exact) mass is 572 g/mol. The highest BCUT2D eigenvalue weighted by Crippen LogP contribution is 2.23. The van der Waals surface area contributed by atoms with Gasteiger partial charge >= 0.3 is 0 Å². The molecule has 3 N–H and O–H groups in total. The smallest absolute Gasteiger partial charge is 0.115 e. The molecule has 0 bridgehead atoms. The molecule has 0 unspecified atom stereocenters. The van der Waals surface area contributed by atoms with Crippen LogP contribution in [0.5, 0.6) is 0 Å². The van der Waals surface area contributed by atoms with Gasteiger partial charge in [-0.15, -0.1) is 0 Å². The number of aliphatic hydroxyl groups excluding tert-OH is 3. The van der Waals surface area contributed by atoms with Crippen LogP contribution in [0.25, 0.3) is 0 Å². The molecule has 0 saturated heterocycles. The Bertz CT molecular complexity index is 1240. The first-order valence-electron chi connectivity index (χ1n) is 14.2. The van der Waals surface area contributed by atoms with Crippen molar-refractivity contribution in [1.82, 2.24) is 0 Å². The lowest BCUT2D eigenvalue weighted by Gasteiger charge is -2.37. The van der Waals surface area contributed by atoms with Gasteiger partial charge in [-0.05, 0) is 22.3 Å². The maximum absolute atomic E-state index is 11.5. The first-order chi connectivity index (χ1) is 20.6. The van der Waals surface area contributed by atoms with Gasteiger partial charge in [-0.25, -0.2) is 0 Å². The van der Waals surface area contributed by atoms with Gasteiger partial charge in [0.15, 0.2) is 0 Å². The van der Waals surface area contributed by atoms with Gasteiger partial charge in [-0.3, -0.25) is 0 Å². The second kappa shape index (κ2) is 17.5. The zero-order valence-electron chi connectivity index (χ0n) is 23.7. The standard InChI is InChI=1S/C35H40O7/c36-21-31(37)33(40-23-28-15-7-2-8-16-28)35(42-25-30-19-11-4-12-20-30)34(41-24-29-17-9-3-10-18-29)32(38)26-39-22-27-13-5-1-6-14-27/h1-20,31-38H,21-26H2/t31-,32-,33+,34-,35-/m1/s1. The van der Waals surface area contributed by atoms with Crippen molar-refractivity contribution in [2.75, 3.05) is 13.2 Å². The number of benzene rings is 4. The first kappa shape index (κ1) is 31.5. The van der Waals surface area contributed by atoms with Crippen LogP contribution in [0, 0.1) is 0 Å². The molecule has 0 heterocycles. The fraction of sp³-hybridized carbons (Fsp3) is 0.314. The molecule has 0 spiro atoms. The molecule has 0 aliphatic heterocycles. The molecule has 0 aromatic heterocycles. The summed E-state index contributed by atoms with van der Waals surface area (Å²) in [6.07, 6.45) is -5.38. The summed E-state index contributed by atoms with van der Waals surface area (Å²) in [5.74, 6) is 0. The lowest BCUT2D eigenvalue weighted by molar-refractivity contribution is -0.209. The van der Waals surface area contributed by atoms with E-state index in [0.717, 1.165) is 22.3 Å². The number of rotatable bonds is 18. The van der Waals surface area contributed by atoms with Gasteiger partial charge in [-0.1, -0.05) is 121 Å². The molecule has 4 rings (SSSR count). The lowest BCUT2D eigenvalue weighted by atomic mass is 9.98. The number of hydrogen-bond donors (Lipinski definition) is 3. The highest BCUT2D eigenvalue weighted by molar-refractivity contribution is 5.16. The Hall–Kier alpha value is -3.40. The van der Waals surface area contributed by atoms with Crippen LogP contribution in [0.1, 0.15) is 22.3 Å². The molecule has 0 radical (unpaired) electrons. The Balaban J connectivity index is 1.59. The summed E-state index contributed by atoms with van der Waals surface area (Å²) < 4.78 is 24.9. The third-order valence-electron chi connectivity index (χ3n) is 6.85. The van der Waals surface area contributed by atoms with Crippen molar-refractivity contribution in [1.29, 1.82) is 0 Å². The van der Waals surface area contributed by atoms with Crippen molar-refractivity contribution in [3.63, 3.8) is 0 Å². The van der Waals surface area contributed by atoms with Crippen molar-refractivity contribution in [3.05, 3.63) is 144 Å². The molecule has 0 aliphatic rings. The van der Waals surface area contributed by atoms with E-state index in [-0.39, 0.29) is 26.4 Å². The van der Waals surface area contributed by atoms with E-state index in [1.807, 2.05) is 121 Å². The summed E-state index contributed by atoms with van der Waals surface area (Å²) in [4.78, 5) is 0. The Kier molecular flexibility index (Phi) is 13.2. The normalized spacial score (nSPS) is 15.0. The van der Waals surface area contributed by atoms with Crippen LogP contribution < -0.4 is 0 Å². The zero-order valence-corrected chi connectivity index (χ0v) is 23.7. The maximum atomic E-state index is 11.5. The minimum Gasteiger partial charge on any atom is -0.394 e. The molecule has 0 aliphatic carbocycles. The van der Waals surface area contributed by atoms with E-state index in [1.165, 1.54) is 0 Å². The Labute approximate surface area is 247 Å². The van der Waals surface area contributed by atoms with Crippen LogP contribution in [0.3, 0.4) is 0 Å². The molecule has 0 saturated carbocycles. The van der Waals surface area contributed by atoms with Gasteiger partial charge in [0.1, 0.15) is 30.5 Å². The van der Waals surface area contributed by atoms with Gasteiger partial charge in [-0.2, -0.15) is 0 Å². The van der Waals surface area contributed by atoms with E-state index in [9.17, 15) is 15.3 Å². The van der Waals surface area contributed by atoms with E-state index < -0.39 is 37.1 Å². The largest absolute Gasteiger partial charge is 0.394 e. The zero-order chi connectivity index (χ0) is 29.4. The maximum Gasteiger partial charge on any atom is 0.115 e. The van der Waals surface area contributed by atoms with Crippen LogP contribution in [-0.4, -0.2) is 59.1 Å². The predicted octanol–water partition coefficient (Wildman–Crippen LogP) is 4.67. The van der Waals surface area contributed by atoms with Crippen molar-refractivity contribution >= 4 is 0 Å². The summed E-state index contributed by atoms with van der Waals surface area (Å²) in [6, 6.07) is 38.5. The molecule has 42 heavy (non-hydrogen) atoms. The van der Waals surface area contributed by atoms with Gasteiger partial charge in [0.25, 0.3) is 0 Å². The molecule has 0 amide bonds. The Morgan fingerprint density at radius 3 is 1.14 bits per heavy atom. The molecule has 4 aromatic rings. The van der Waals surface area contributed by atoms with Crippen LogP contribution in [0.15, 0.2) is 121 Å². The molecule has 222 valence electrons. The van der Waals surface area contributed by atoms with Crippen LogP contribution in [0.2, 0.25) is 0 Å². The van der Waals surface area contributed by atoms with E-state index >= 15 is 0 Å². The number of ether oxygens (including phenoxy) is 4. The van der Waals surface area contributed by atoms with E-state index in [2.05, 4.69) is 0 Å². The molecule has 0 fully saturated rings. The van der Waals surface area contributed by atoms with Crippen molar-refractivity contribution < 1.29 is 34.3 Å². The quantitative estimate of drug-likeness (QED) is 0.159. The van der Waals surface area contributed by atoms with Gasteiger partial charge in [0.05, 0.1) is 39.6 Å². The average molecular weight is 573 g/mol. The fourth-order valence-corrected chi connectivity index (χ4v) is 4.60. The molecule has 7 heteroatoms. The third kappa shape index (κ3) is 10.2. The van der Waals surface area contributed by atoms with Crippen molar-refractivity contribution in [3.8, 4) is 0 Å². The van der Waals surface area contributed by atoms with Crippen molar-refractivity contribution in [2.45, 2.75) is 56.9 Å². The van der Waals surface area contributed by atoms with Crippen LogP contribution in [0.4, 0.5) is 0 Å². The average Bonchev–Trinajstić information content (AvgIpc) is 3.05. The van der Waals surface area contributed by atoms with Gasteiger partial charge in [0.2, 0.25) is 0 Å². The Morgan fingerprint density at radius 1 is 0.429 bits per heavy atom. The third-order valence-corrected chi connectivity index (χ3v) is 6.85. The van der Waals surface area contributed by atoms with Gasteiger partial charge < -0.3 is 34.3 Å². The van der Waals surface area contributed by atoms with E-state index in [0.29, 0.717) is 6.61 Å². The van der Waals surface area contributed by atoms with Crippen LogP contribution >= 0.6 is 0 Å². The van der Waals surface area contributed by atoms with Crippen LogP contribution in [-0.2, 0) is 45.4 Å². The Morgan fingerprint density at radius 2 is 0.762 bits per heavy atom. The SMILES string of the molecule is OC[C@@H](O)[C@H](OCc1ccccc1)[C@@H](OCc1ccccc1)[C@H](OCc1ccccc1)[C@H](O)COCc1ccccc1. The van der Waals surface area contributed by atoms with E-state index in [1.54, 1.807) is 0 Å². The summed E-state index contributed by atoms with van der Waals surface area (Å²) in [7, 11) is 0. The highest BCUT2D eigenvalue weighted by Gasteiger charge is 2.40.